The predicted molar refractivity (Wildman–Crippen MR) is 60.0 cm³/mol. The first-order valence-electron chi connectivity index (χ1n) is 5.53. The molecule has 0 saturated heterocycles. The topological polar surface area (TPSA) is 55.1 Å². The Balaban J connectivity index is 3.69. The van der Waals surface area contributed by atoms with Gasteiger partial charge in [0, 0.05) is 12.0 Å². The molecular weight excluding hydrogens is 176 g/mol. The van der Waals surface area contributed by atoms with Crippen LogP contribution < -0.4 is 11.1 Å². The molecule has 3 heteroatoms. The Morgan fingerprint density at radius 3 is 2.50 bits per heavy atom. The average molecular weight is 200 g/mol. The lowest BCUT2D eigenvalue weighted by molar-refractivity contribution is -0.122. The highest BCUT2D eigenvalue weighted by Gasteiger charge is 2.18. The molecule has 0 aromatic carbocycles. The van der Waals surface area contributed by atoms with Gasteiger partial charge in [-0.1, -0.05) is 19.8 Å². The molecule has 0 aliphatic heterocycles. The van der Waals surface area contributed by atoms with Gasteiger partial charge in [-0.2, -0.15) is 0 Å². The van der Waals surface area contributed by atoms with E-state index in [1.807, 2.05) is 13.8 Å². The summed E-state index contributed by atoms with van der Waals surface area (Å²) >= 11 is 0. The van der Waals surface area contributed by atoms with E-state index in [4.69, 9.17) is 5.73 Å². The molecule has 0 spiro atoms. The van der Waals surface area contributed by atoms with Crippen molar-refractivity contribution in [3.63, 3.8) is 0 Å². The molecule has 84 valence electrons. The Morgan fingerprint density at radius 1 is 1.36 bits per heavy atom. The second-order valence-corrected chi connectivity index (χ2v) is 4.43. The van der Waals surface area contributed by atoms with Crippen molar-refractivity contribution in [2.75, 3.05) is 6.54 Å². The van der Waals surface area contributed by atoms with Crippen LogP contribution in [0.25, 0.3) is 0 Å². The summed E-state index contributed by atoms with van der Waals surface area (Å²) in [5.41, 5.74) is 5.31. The van der Waals surface area contributed by atoms with Crippen LogP contribution in [-0.2, 0) is 4.79 Å². The van der Waals surface area contributed by atoms with E-state index in [2.05, 4.69) is 12.2 Å². The molecule has 0 atom stereocenters. The maximum absolute atomic E-state index is 11.5. The molecule has 0 heterocycles. The summed E-state index contributed by atoms with van der Waals surface area (Å²) in [4.78, 5) is 11.5. The normalized spacial score (nSPS) is 11.4. The Morgan fingerprint density at radius 2 is 2.00 bits per heavy atom. The van der Waals surface area contributed by atoms with Gasteiger partial charge in [-0.05, 0) is 33.2 Å². The minimum atomic E-state index is -0.155. The highest BCUT2D eigenvalue weighted by Crippen LogP contribution is 2.08. The molecule has 0 radical (unpaired) electrons. The molecule has 0 fully saturated rings. The Kier molecular flexibility index (Phi) is 6.54. The summed E-state index contributed by atoms with van der Waals surface area (Å²) in [6.45, 7) is 6.77. The molecule has 0 aromatic rings. The summed E-state index contributed by atoms with van der Waals surface area (Å²) in [5.74, 6) is 0.150. The van der Waals surface area contributed by atoms with Crippen LogP contribution in [0.1, 0.15) is 52.9 Å². The summed E-state index contributed by atoms with van der Waals surface area (Å²) in [6, 6.07) is 0. The summed E-state index contributed by atoms with van der Waals surface area (Å²) in [7, 11) is 0. The molecule has 0 rings (SSSR count). The molecule has 0 bridgehead atoms. The highest BCUT2D eigenvalue weighted by atomic mass is 16.1. The molecule has 1 amide bonds. The zero-order valence-electron chi connectivity index (χ0n) is 9.73. The number of hydrogen-bond acceptors (Lipinski definition) is 2. The maximum atomic E-state index is 11.5. The fraction of sp³-hybridized carbons (Fsp3) is 0.909. The molecular formula is C11H24N2O. The highest BCUT2D eigenvalue weighted by molar-refractivity contribution is 5.76. The number of carbonyl (C=O) groups is 1. The van der Waals surface area contributed by atoms with E-state index in [1.54, 1.807) is 0 Å². The fourth-order valence-electron chi connectivity index (χ4n) is 1.40. The number of nitrogens with one attached hydrogen (secondary N) is 1. The van der Waals surface area contributed by atoms with Crippen molar-refractivity contribution in [2.45, 2.75) is 58.4 Å². The Labute approximate surface area is 87.4 Å². The van der Waals surface area contributed by atoms with Gasteiger partial charge in [0.05, 0.1) is 0 Å². The third-order valence-electron chi connectivity index (χ3n) is 2.25. The van der Waals surface area contributed by atoms with E-state index in [-0.39, 0.29) is 11.4 Å². The van der Waals surface area contributed by atoms with E-state index in [9.17, 15) is 4.79 Å². The molecule has 14 heavy (non-hydrogen) atoms. The Bertz CT molecular complexity index is 167. The number of nitrogens with two attached hydrogens (primary N) is 1. The van der Waals surface area contributed by atoms with Crippen molar-refractivity contribution < 1.29 is 4.79 Å². The largest absolute Gasteiger partial charge is 0.351 e. The smallest absolute Gasteiger partial charge is 0.220 e. The van der Waals surface area contributed by atoms with Gasteiger partial charge in [0.15, 0.2) is 0 Å². The van der Waals surface area contributed by atoms with E-state index in [1.165, 1.54) is 0 Å². The van der Waals surface area contributed by atoms with E-state index in [0.29, 0.717) is 13.0 Å². The first-order chi connectivity index (χ1) is 6.52. The first kappa shape index (κ1) is 13.4. The lowest BCUT2D eigenvalue weighted by Gasteiger charge is -2.25. The lowest BCUT2D eigenvalue weighted by atomic mass is 10.0. The molecule has 3 N–H and O–H groups in total. The number of unbranched alkanes of at least 4 members (excludes halogenated alkanes) is 2. The van der Waals surface area contributed by atoms with Crippen LogP contribution in [0.5, 0.6) is 0 Å². The first-order valence-corrected chi connectivity index (χ1v) is 5.53. The average Bonchev–Trinajstić information content (AvgIpc) is 2.03. The molecule has 3 nitrogen and oxygen atoms in total. The summed E-state index contributed by atoms with van der Waals surface area (Å²) in [5, 5.41) is 3.00. The van der Waals surface area contributed by atoms with Crippen LogP contribution >= 0.6 is 0 Å². The third kappa shape index (κ3) is 6.89. The molecule has 0 unspecified atom stereocenters. The number of carbonyl (C=O) groups excluding carboxylic acids is 1. The van der Waals surface area contributed by atoms with Gasteiger partial charge in [-0.25, -0.2) is 0 Å². The second-order valence-electron chi connectivity index (χ2n) is 4.43. The minimum Gasteiger partial charge on any atom is -0.351 e. The van der Waals surface area contributed by atoms with E-state index in [0.717, 1.165) is 25.7 Å². The quantitative estimate of drug-likeness (QED) is 0.616. The molecule has 0 aliphatic rings. The SMILES string of the molecule is CCCCCC(=O)NC(C)(C)CCN. The van der Waals surface area contributed by atoms with Crippen LogP contribution in [0, 0.1) is 0 Å². The van der Waals surface area contributed by atoms with Crippen LogP contribution in [0.2, 0.25) is 0 Å². The van der Waals surface area contributed by atoms with Crippen molar-refractivity contribution >= 4 is 5.91 Å². The van der Waals surface area contributed by atoms with Crippen molar-refractivity contribution in [3.8, 4) is 0 Å². The molecule has 0 aliphatic carbocycles. The summed E-state index contributed by atoms with van der Waals surface area (Å²) in [6.07, 6.45) is 4.74. The second kappa shape index (κ2) is 6.82. The van der Waals surface area contributed by atoms with Gasteiger partial charge < -0.3 is 11.1 Å². The summed E-state index contributed by atoms with van der Waals surface area (Å²) < 4.78 is 0. The van der Waals surface area contributed by atoms with Crippen LogP contribution in [-0.4, -0.2) is 18.0 Å². The standard InChI is InChI=1S/C11H24N2O/c1-4-5-6-7-10(14)13-11(2,3)8-9-12/h4-9,12H2,1-3H3,(H,13,14). The zero-order chi connectivity index (χ0) is 11.0. The van der Waals surface area contributed by atoms with Crippen molar-refractivity contribution in [1.29, 1.82) is 0 Å². The van der Waals surface area contributed by atoms with Gasteiger partial charge in [-0.3, -0.25) is 4.79 Å². The van der Waals surface area contributed by atoms with Crippen LogP contribution in [0.3, 0.4) is 0 Å². The van der Waals surface area contributed by atoms with Gasteiger partial charge in [-0.15, -0.1) is 0 Å². The van der Waals surface area contributed by atoms with Gasteiger partial charge in [0.1, 0.15) is 0 Å². The van der Waals surface area contributed by atoms with Gasteiger partial charge >= 0.3 is 0 Å². The number of rotatable bonds is 7. The lowest BCUT2D eigenvalue weighted by Crippen LogP contribution is -2.44. The van der Waals surface area contributed by atoms with Crippen molar-refractivity contribution in [1.82, 2.24) is 5.32 Å². The Hall–Kier alpha value is -0.570. The molecule has 0 aromatic heterocycles. The maximum Gasteiger partial charge on any atom is 0.220 e. The zero-order valence-corrected chi connectivity index (χ0v) is 9.73. The number of hydrogen-bond donors (Lipinski definition) is 2. The van der Waals surface area contributed by atoms with Gasteiger partial charge in [0.2, 0.25) is 5.91 Å². The monoisotopic (exact) mass is 200 g/mol. The van der Waals surface area contributed by atoms with Crippen LogP contribution in [0.15, 0.2) is 0 Å². The van der Waals surface area contributed by atoms with Crippen molar-refractivity contribution in [2.24, 2.45) is 5.73 Å². The van der Waals surface area contributed by atoms with Gasteiger partial charge in [0.25, 0.3) is 0 Å². The predicted octanol–water partition coefficient (Wildman–Crippen LogP) is 1.81. The molecule has 0 saturated carbocycles. The fourth-order valence-corrected chi connectivity index (χ4v) is 1.40. The van der Waals surface area contributed by atoms with E-state index < -0.39 is 0 Å². The number of amides is 1. The van der Waals surface area contributed by atoms with Crippen molar-refractivity contribution in [3.05, 3.63) is 0 Å². The van der Waals surface area contributed by atoms with Crippen LogP contribution in [0.4, 0.5) is 0 Å². The minimum absolute atomic E-state index is 0.150. The van der Waals surface area contributed by atoms with E-state index >= 15 is 0 Å². The third-order valence-corrected chi connectivity index (χ3v) is 2.25.